The second-order valence-electron chi connectivity index (χ2n) is 12.1. The number of aryl methyl sites for hydroxylation is 1. The zero-order valence-electron chi connectivity index (χ0n) is 28.7. The van der Waals surface area contributed by atoms with Crippen LogP contribution in [0.3, 0.4) is 0 Å². The number of amides is 1. The Hall–Kier alpha value is -4.09. The highest BCUT2D eigenvalue weighted by Crippen LogP contribution is 2.28. The Morgan fingerprint density at radius 1 is 1.04 bits per heavy atom. The zero-order valence-corrected chi connectivity index (χ0v) is 28.7. The Morgan fingerprint density at radius 3 is 2.52 bits per heavy atom. The summed E-state index contributed by atoms with van der Waals surface area (Å²) in [6.07, 6.45) is 2.70. The highest BCUT2D eigenvalue weighted by Gasteiger charge is 2.48. The molecule has 2 heterocycles. The fraction of sp³-hybridized carbons (Fsp3) is 0.559. The number of aromatic nitrogens is 3. The van der Waals surface area contributed by atoms with Gasteiger partial charge in [0.1, 0.15) is 36.4 Å². The van der Waals surface area contributed by atoms with Gasteiger partial charge < -0.3 is 44.7 Å². The first kappa shape index (κ1) is 40.3. The van der Waals surface area contributed by atoms with Crippen LogP contribution in [-0.2, 0) is 38.8 Å². The number of aliphatic carboxylic acids is 1. The first-order valence-corrected chi connectivity index (χ1v) is 16.6. The summed E-state index contributed by atoms with van der Waals surface area (Å²) in [5.41, 5.74) is 3.78. The number of ether oxygens (including phenoxy) is 4. The van der Waals surface area contributed by atoms with Gasteiger partial charge >= 0.3 is 5.97 Å². The molecule has 3 rings (SSSR count). The van der Waals surface area contributed by atoms with E-state index in [2.05, 4.69) is 48.6 Å². The lowest BCUT2D eigenvalue weighted by Crippen LogP contribution is -2.61. The van der Waals surface area contributed by atoms with E-state index in [0.29, 0.717) is 24.3 Å². The smallest absolute Gasteiger partial charge is 0.335 e. The number of carboxylic acid groups (broad SMARTS) is 1. The van der Waals surface area contributed by atoms with Crippen LogP contribution in [0.15, 0.2) is 47.7 Å². The molecule has 5 N–H and O–H groups in total. The van der Waals surface area contributed by atoms with Gasteiger partial charge in [0.05, 0.1) is 18.4 Å². The van der Waals surface area contributed by atoms with Gasteiger partial charge in [0, 0.05) is 19.7 Å². The number of benzene rings is 1. The molecule has 0 aliphatic carbocycles. The van der Waals surface area contributed by atoms with E-state index in [1.165, 1.54) is 29.3 Å². The minimum atomic E-state index is -1.91. The molecule has 2 radical (unpaired) electrons. The van der Waals surface area contributed by atoms with E-state index in [1.807, 2.05) is 6.20 Å². The topological polar surface area (TPSA) is 212 Å². The van der Waals surface area contributed by atoms with Gasteiger partial charge in [-0.1, -0.05) is 41.5 Å². The van der Waals surface area contributed by atoms with Crippen molar-refractivity contribution in [2.45, 2.75) is 110 Å². The third-order valence-corrected chi connectivity index (χ3v) is 7.86. The van der Waals surface area contributed by atoms with Crippen molar-refractivity contribution in [3.05, 3.63) is 64.5 Å². The third-order valence-electron chi connectivity index (χ3n) is 7.86. The number of nitrogens with one attached hydrogen (secondary N) is 1. The standard InChI is InChI=1S/C34H47BN4O11/c1-4-8-21(2)9-5-10-22(3)11-6-15-39-18-24(37-38-39)20-47-16-7-14-36-31(43)25-17-23(19-48-34(35)46)12-13-26(25)49-33-29(42)27(40)28(41)30(50-33)32(44)45/h8,10,12-13,17-18,27-30,33,40-42H,4-7,9,11,14-16,19-20H2,1-3H3,(H,36,43)(H,44,45)/b21-8+,22-10+/t27-,28-,29+,30-,33+/m0/s1. The summed E-state index contributed by atoms with van der Waals surface area (Å²) in [6.45, 7) is 7.72. The molecule has 1 saturated heterocycles. The van der Waals surface area contributed by atoms with Gasteiger partial charge in [-0.2, -0.15) is 0 Å². The molecular formula is C34H47BN4O11. The predicted molar refractivity (Wildman–Crippen MR) is 180 cm³/mol. The maximum absolute atomic E-state index is 13.2. The minimum Gasteiger partial charge on any atom is -0.479 e. The van der Waals surface area contributed by atoms with Gasteiger partial charge in [-0.25, -0.2) is 4.79 Å². The molecule has 0 unspecified atom stereocenters. The molecule has 5 atom stereocenters. The minimum absolute atomic E-state index is 0.0682. The molecule has 1 amide bonds. The van der Waals surface area contributed by atoms with E-state index in [0.717, 1.165) is 38.6 Å². The summed E-state index contributed by atoms with van der Waals surface area (Å²) in [5, 5.41) is 50.8. The average molecular weight is 699 g/mol. The zero-order chi connectivity index (χ0) is 36.6. The number of carbonyl (C=O) groups excluding carboxylic acids is 2. The van der Waals surface area contributed by atoms with Crippen LogP contribution in [-0.4, -0.2) is 105 Å². The summed E-state index contributed by atoms with van der Waals surface area (Å²) in [4.78, 5) is 35.7. The molecule has 15 nitrogen and oxygen atoms in total. The van der Waals surface area contributed by atoms with Crippen LogP contribution in [0.4, 0.5) is 4.79 Å². The van der Waals surface area contributed by atoms with Crippen molar-refractivity contribution in [2.75, 3.05) is 13.2 Å². The number of carbonyl (C=O) groups is 3. The van der Waals surface area contributed by atoms with Crippen molar-refractivity contribution in [1.29, 1.82) is 0 Å². The van der Waals surface area contributed by atoms with Crippen molar-refractivity contribution in [1.82, 2.24) is 20.3 Å². The highest BCUT2D eigenvalue weighted by atomic mass is 16.7. The number of aliphatic hydroxyl groups is 3. The first-order chi connectivity index (χ1) is 23.9. The van der Waals surface area contributed by atoms with Gasteiger partial charge in [0.2, 0.25) is 20.0 Å². The lowest BCUT2D eigenvalue weighted by molar-refractivity contribution is -0.271. The van der Waals surface area contributed by atoms with E-state index in [-0.39, 0.29) is 31.1 Å². The predicted octanol–water partition coefficient (Wildman–Crippen LogP) is 2.55. The summed E-state index contributed by atoms with van der Waals surface area (Å²) < 4.78 is 23.1. The number of hydrogen-bond acceptors (Lipinski definition) is 12. The summed E-state index contributed by atoms with van der Waals surface area (Å²) in [5.74, 6) is -3.36. The molecule has 1 aliphatic heterocycles. The number of rotatable bonds is 20. The van der Waals surface area contributed by atoms with Crippen LogP contribution in [0.5, 0.6) is 5.75 Å². The Labute approximate surface area is 292 Å². The number of aliphatic hydroxyl groups excluding tert-OH is 3. The Morgan fingerprint density at radius 2 is 1.80 bits per heavy atom. The fourth-order valence-electron chi connectivity index (χ4n) is 5.16. The molecule has 2 aromatic rings. The van der Waals surface area contributed by atoms with Gasteiger partial charge in [-0.05, 0) is 70.1 Å². The maximum Gasteiger partial charge on any atom is 0.335 e. The van der Waals surface area contributed by atoms with Gasteiger partial charge in [0.15, 0.2) is 6.10 Å². The first-order valence-electron chi connectivity index (χ1n) is 16.6. The lowest BCUT2D eigenvalue weighted by Gasteiger charge is -2.38. The van der Waals surface area contributed by atoms with Crippen molar-refractivity contribution < 1.29 is 53.8 Å². The van der Waals surface area contributed by atoms with Crippen LogP contribution < -0.4 is 10.1 Å². The van der Waals surface area contributed by atoms with E-state index in [4.69, 9.17) is 26.8 Å². The highest BCUT2D eigenvalue weighted by molar-refractivity contribution is 6.55. The third kappa shape index (κ3) is 13.0. The second kappa shape index (κ2) is 20.6. The number of allylic oxidation sites excluding steroid dienone is 4. The monoisotopic (exact) mass is 698 g/mol. The quantitative estimate of drug-likeness (QED) is 0.0766. The summed E-state index contributed by atoms with van der Waals surface area (Å²) >= 11 is 0. The number of nitrogens with zero attached hydrogens (tertiary/aromatic N) is 3. The SMILES string of the molecule is [B]C(=O)OCc1ccc(O[C@@H]2O[C@H](C(=O)O)[C@@H](O)[C@H](O)[C@H]2O)c(C(=O)NCCCOCc2cn(CCC/C(C)=C/CC/C(C)=C/CC)nn2)c1. The number of hydrogen-bond donors (Lipinski definition) is 5. The molecule has 1 fully saturated rings. The molecule has 0 spiro atoms. The Kier molecular flexibility index (Phi) is 16.6. The van der Waals surface area contributed by atoms with E-state index < -0.39 is 48.5 Å². The van der Waals surface area contributed by atoms with Gasteiger partial charge in [-0.15, -0.1) is 5.10 Å². The molecule has 272 valence electrons. The van der Waals surface area contributed by atoms with Crippen LogP contribution in [0.1, 0.15) is 80.9 Å². The van der Waals surface area contributed by atoms with Gasteiger partial charge in [0.25, 0.3) is 5.91 Å². The maximum atomic E-state index is 13.2. The fourth-order valence-corrected chi connectivity index (χ4v) is 5.16. The molecular weight excluding hydrogens is 651 g/mol. The lowest BCUT2D eigenvalue weighted by atomic mass is 9.99. The molecule has 0 saturated carbocycles. The largest absolute Gasteiger partial charge is 0.479 e. The number of carboxylic acids is 1. The Balaban J connectivity index is 1.47. The summed E-state index contributed by atoms with van der Waals surface area (Å²) in [6, 6.07) is 4.12. The van der Waals surface area contributed by atoms with Crippen LogP contribution in [0.2, 0.25) is 0 Å². The normalized spacial score (nSPS) is 21.1. The molecule has 0 bridgehead atoms. The molecule has 50 heavy (non-hydrogen) atoms. The Bertz CT molecular complexity index is 1480. The van der Waals surface area contributed by atoms with Crippen LogP contribution in [0.25, 0.3) is 0 Å². The second-order valence-corrected chi connectivity index (χ2v) is 12.1. The van der Waals surface area contributed by atoms with E-state index in [9.17, 15) is 34.8 Å². The molecule has 1 aromatic heterocycles. The van der Waals surface area contributed by atoms with E-state index >= 15 is 0 Å². The van der Waals surface area contributed by atoms with E-state index in [1.54, 1.807) is 4.68 Å². The van der Waals surface area contributed by atoms with Crippen molar-refractivity contribution in [3.8, 4) is 5.75 Å². The summed E-state index contributed by atoms with van der Waals surface area (Å²) in [7, 11) is 5.04. The van der Waals surface area contributed by atoms with Crippen LogP contribution in [0, 0.1) is 0 Å². The molecule has 16 heteroatoms. The molecule has 1 aromatic carbocycles. The van der Waals surface area contributed by atoms with Crippen molar-refractivity contribution >= 4 is 25.6 Å². The van der Waals surface area contributed by atoms with Gasteiger partial charge in [-0.3, -0.25) is 14.3 Å². The van der Waals surface area contributed by atoms with Crippen molar-refractivity contribution in [3.63, 3.8) is 0 Å². The van der Waals surface area contributed by atoms with Crippen LogP contribution >= 0.6 is 0 Å². The van der Waals surface area contributed by atoms with Crippen molar-refractivity contribution in [2.24, 2.45) is 0 Å². The molecule has 1 aliphatic rings. The average Bonchev–Trinajstić information content (AvgIpc) is 3.53.